The molecule has 1 aromatic carbocycles. The van der Waals surface area contributed by atoms with Crippen molar-refractivity contribution in [3.63, 3.8) is 0 Å². The summed E-state index contributed by atoms with van der Waals surface area (Å²) in [5.74, 6) is 1.21. The quantitative estimate of drug-likeness (QED) is 0.845. The summed E-state index contributed by atoms with van der Waals surface area (Å²) in [5, 5.41) is 0. The van der Waals surface area contributed by atoms with Crippen LogP contribution in [-0.2, 0) is 4.79 Å². The largest absolute Gasteiger partial charge is 0.497 e. The lowest BCUT2D eigenvalue weighted by atomic mass is 10.0. The molecule has 0 saturated carbocycles. The highest BCUT2D eigenvalue weighted by molar-refractivity contribution is 5.78. The van der Waals surface area contributed by atoms with Gasteiger partial charge in [0.15, 0.2) is 0 Å². The number of hydrogen-bond acceptors (Lipinski definition) is 3. The zero-order valence-corrected chi connectivity index (χ0v) is 14.9. The van der Waals surface area contributed by atoms with Gasteiger partial charge in [0, 0.05) is 19.1 Å². The molecule has 4 heteroatoms. The fourth-order valence-electron chi connectivity index (χ4n) is 4.01. The molecule has 2 aliphatic rings. The monoisotopic (exact) mass is 330 g/mol. The molecule has 3 rings (SSSR count). The average Bonchev–Trinajstić information content (AvgIpc) is 3.02. The maximum atomic E-state index is 12.8. The van der Waals surface area contributed by atoms with Crippen molar-refractivity contribution in [2.75, 3.05) is 33.3 Å². The van der Waals surface area contributed by atoms with Gasteiger partial charge in [-0.15, -0.1) is 0 Å². The van der Waals surface area contributed by atoms with Gasteiger partial charge in [-0.2, -0.15) is 0 Å². The van der Waals surface area contributed by atoms with Crippen molar-refractivity contribution >= 4 is 5.91 Å². The highest BCUT2D eigenvalue weighted by Gasteiger charge is 2.29. The molecule has 132 valence electrons. The van der Waals surface area contributed by atoms with Crippen LogP contribution in [0.1, 0.15) is 56.6 Å². The second kappa shape index (κ2) is 8.52. The van der Waals surface area contributed by atoms with Crippen LogP contribution in [0.25, 0.3) is 0 Å². The standard InChI is InChI=1S/C20H30N2O2/c1-24-18-10-7-9-17(15-18)19-11-8-14-22(19)16-20(23)21-12-5-3-2-4-6-13-21/h7,9-10,15,19H,2-6,8,11-14,16H2,1H3. The lowest BCUT2D eigenvalue weighted by Crippen LogP contribution is -2.41. The molecule has 24 heavy (non-hydrogen) atoms. The first kappa shape index (κ1) is 17.3. The van der Waals surface area contributed by atoms with Gasteiger partial charge < -0.3 is 9.64 Å². The Labute approximate surface area is 145 Å². The summed E-state index contributed by atoms with van der Waals surface area (Å²) in [7, 11) is 1.71. The Morgan fingerprint density at radius 2 is 1.83 bits per heavy atom. The molecule has 1 atom stereocenters. The van der Waals surface area contributed by atoms with Gasteiger partial charge in [0.2, 0.25) is 5.91 Å². The molecule has 1 unspecified atom stereocenters. The molecule has 0 bridgehead atoms. The number of methoxy groups -OCH3 is 1. The molecule has 0 radical (unpaired) electrons. The number of carbonyl (C=O) groups excluding carboxylic acids is 1. The van der Waals surface area contributed by atoms with Crippen molar-refractivity contribution in [2.45, 2.75) is 51.0 Å². The van der Waals surface area contributed by atoms with E-state index in [1.807, 2.05) is 12.1 Å². The first-order chi connectivity index (χ1) is 11.8. The molecule has 0 spiro atoms. The van der Waals surface area contributed by atoms with E-state index in [4.69, 9.17) is 4.74 Å². The summed E-state index contributed by atoms with van der Waals surface area (Å²) in [6.45, 7) is 3.45. The van der Waals surface area contributed by atoms with Gasteiger partial charge in [0.05, 0.1) is 13.7 Å². The number of likely N-dealkylation sites (tertiary alicyclic amines) is 2. The number of carbonyl (C=O) groups is 1. The minimum absolute atomic E-state index is 0.312. The third-order valence-corrected chi connectivity index (χ3v) is 5.39. The zero-order valence-electron chi connectivity index (χ0n) is 14.9. The van der Waals surface area contributed by atoms with E-state index in [1.165, 1.54) is 24.8 Å². The molecular weight excluding hydrogens is 300 g/mol. The van der Waals surface area contributed by atoms with Crippen molar-refractivity contribution in [2.24, 2.45) is 0 Å². The number of ether oxygens (including phenoxy) is 1. The zero-order chi connectivity index (χ0) is 16.8. The van der Waals surface area contributed by atoms with Crippen molar-refractivity contribution in [3.05, 3.63) is 29.8 Å². The van der Waals surface area contributed by atoms with Gasteiger partial charge in [0.1, 0.15) is 5.75 Å². The average molecular weight is 330 g/mol. The molecule has 0 N–H and O–H groups in total. The Morgan fingerprint density at radius 3 is 2.58 bits per heavy atom. The second-order valence-corrected chi connectivity index (χ2v) is 7.05. The highest BCUT2D eigenvalue weighted by Crippen LogP contribution is 2.33. The molecule has 2 aliphatic heterocycles. The minimum atomic E-state index is 0.312. The normalized spacial score (nSPS) is 22.9. The predicted molar refractivity (Wildman–Crippen MR) is 96.2 cm³/mol. The first-order valence-electron chi connectivity index (χ1n) is 9.44. The summed E-state index contributed by atoms with van der Waals surface area (Å²) >= 11 is 0. The Morgan fingerprint density at radius 1 is 1.08 bits per heavy atom. The highest BCUT2D eigenvalue weighted by atomic mass is 16.5. The molecule has 2 saturated heterocycles. The number of hydrogen-bond donors (Lipinski definition) is 0. The van der Waals surface area contributed by atoms with Crippen LogP contribution in [0, 0.1) is 0 Å². The van der Waals surface area contributed by atoms with Gasteiger partial charge >= 0.3 is 0 Å². The van der Waals surface area contributed by atoms with E-state index >= 15 is 0 Å². The Balaban J connectivity index is 1.63. The summed E-state index contributed by atoms with van der Waals surface area (Å²) < 4.78 is 5.36. The molecule has 0 aliphatic carbocycles. The van der Waals surface area contributed by atoms with E-state index in [-0.39, 0.29) is 0 Å². The van der Waals surface area contributed by atoms with Crippen LogP contribution in [0.15, 0.2) is 24.3 Å². The van der Waals surface area contributed by atoms with Crippen molar-refractivity contribution < 1.29 is 9.53 Å². The van der Waals surface area contributed by atoms with Gasteiger partial charge in [-0.1, -0.05) is 31.4 Å². The summed E-state index contributed by atoms with van der Waals surface area (Å²) in [4.78, 5) is 17.2. The topological polar surface area (TPSA) is 32.8 Å². The molecule has 0 aromatic heterocycles. The van der Waals surface area contributed by atoms with Crippen molar-refractivity contribution in [1.29, 1.82) is 0 Å². The van der Waals surface area contributed by atoms with E-state index in [1.54, 1.807) is 7.11 Å². The molecule has 2 heterocycles. The number of benzene rings is 1. The lowest BCUT2D eigenvalue weighted by molar-refractivity contribution is -0.133. The van der Waals surface area contributed by atoms with E-state index in [0.29, 0.717) is 18.5 Å². The molecule has 2 fully saturated rings. The van der Waals surface area contributed by atoms with Crippen LogP contribution in [0.2, 0.25) is 0 Å². The Bertz CT molecular complexity index is 538. The van der Waals surface area contributed by atoms with E-state index < -0.39 is 0 Å². The Hall–Kier alpha value is -1.55. The van der Waals surface area contributed by atoms with Crippen LogP contribution in [0.5, 0.6) is 5.75 Å². The number of nitrogens with zero attached hydrogens (tertiary/aromatic N) is 2. The number of rotatable bonds is 4. The van der Waals surface area contributed by atoms with Gasteiger partial charge in [0.25, 0.3) is 0 Å². The number of amides is 1. The second-order valence-electron chi connectivity index (χ2n) is 7.05. The smallest absolute Gasteiger partial charge is 0.236 e. The van der Waals surface area contributed by atoms with Crippen LogP contribution in [0.3, 0.4) is 0 Å². The summed E-state index contributed by atoms with van der Waals surface area (Å²) in [5.41, 5.74) is 1.27. The molecule has 1 aromatic rings. The maximum absolute atomic E-state index is 12.8. The molecule has 1 amide bonds. The summed E-state index contributed by atoms with van der Waals surface area (Å²) in [6.07, 6.45) is 8.46. The van der Waals surface area contributed by atoms with Gasteiger partial charge in [-0.25, -0.2) is 0 Å². The minimum Gasteiger partial charge on any atom is -0.497 e. The molecule has 4 nitrogen and oxygen atoms in total. The molecular formula is C20H30N2O2. The van der Waals surface area contributed by atoms with Crippen LogP contribution in [0.4, 0.5) is 0 Å². The van der Waals surface area contributed by atoms with Gasteiger partial charge in [-0.3, -0.25) is 9.69 Å². The third-order valence-electron chi connectivity index (χ3n) is 5.39. The summed E-state index contributed by atoms with van der Waals surface area (Å²) in [6, 6.07) is 8.65. The first-order valence-corrected chi connectivity index (χ1v) is 9.44. The van der Waals surface area contributed by atoms with Crippen LogP contribution in [-0.4, -0.2) is 49.0 Å². The van der Waals surface area contributed by atoms with Gasteiger partial charge in [-0.05, 0) is 49.9 Å². The van der Waals surface area contributed by atoms with E-state index in [0.717, 1.165) is 51.1 Å². The van der Waals surface area contributed by atoms with E-state index in [9.17, 15) is 4.79 Å². The maximum Gasteiger partial charge on any atom is 0.236 e. The fourth-order valence-corrected chi connectivity index (χ4v) is 4.01. The fraction of sp³-hybridized carbons (Fsp3) is 0.650. The third kappa shape index (κ3) is 4.29. The van der Waals surface area contributed by atoms with Crippen LogP contribution >= 0.6 is 0 Å². The van der Waals surface area contributed by atoms with Crippen molar-refractivity contribution in [1.82, 2.24) is 9.80 Å². The van der Waals surface area contributed by atoms with Crippen molar-refractivity contribution in [3.8, 4) is 5.75 Å². The SMILES string of the molecule is COc1cccc(C2CCCN2CC(=O)N2CCCCCCC2)c1. The van der Waals surface area contributed by atoms with Crippen LogP contribution < -0.4 is 4.74 Å². The predicted octanol–water partition coefficient (Wildman–Crippen LogP) is 3.62. The lowest BCUT2D eigenvalue weighted by Gasteiger charge is -2.30. The van der Waals surface area contributed by atoms with E-state index in [2.05, 4.69) is 21.9 Å². The Kier molecular flexibility index (Phi) is 6.13.